The standard InChI is InChI=1S/C29H26BrFN2O6S/c1-4-38-25-15-18(13-22(30)27(25)39-17-19-7-5-6-8-23(19)31)14-24-28(35)33(20-9-11-21(36-2)12-10-20)29(40)32(24)16-26(34)37-3/h5-15H,4,16-17H2,1-3H3/b24-14-. The molecule has 4 rings (SSSR count). The molecule has 0 aromatic heterocycles. The highest BCUT2D eigenvalue weighted by atomic mass is 79.9. The van der Waals surface area contributed by atoms with Crippen molar-refractivity contribution in [3.63, 3.8) is 0 Å². The van der Waals surface area contributed by atoms with Gasteiger partial charge in [0, 0.05) is 5.56 Å². The van der Waals surface area contributed by atoms with Crippen LogP contribution in [0.2, 0.25) is 0 Å². The van der Waals surface area contributed by atoms with Gasteiger partial charge in [0.2, 0.25) is 0 Å². The summed E-state index contributed by atoms with van der Waals surface area (Å²) in [6.45, 7) is 1.89. The molecule has 3 aromatic carbocycles. The Hall–Kier alpha value is -3.96. The second-order valence-electron chi connectivity index (χ2n) is 8.46. The quantitative estimate of drug-likeness (QED) is 0.160. The minimum absolute atomic E-state index is 0.0116. The number of hydrogen-bond acceptors (Lipinski definition) is 7. The zero-order valence-electron chi connectivity index (χ0n) is 22.0. The van der Waals surface area contributed by atoms with Crippen molar-refractivity contribution in [1.82, 2.24) is 4.90 Å². The van der Waals surface area contributed by atoms with Crippen molar-refractivity contribution in [2.75, 3.05) is 32.3 Å². The highest BCUT2D eigenvalue weighted by Gasteiger charge is 2.40. The van der Waals surface area contributed by atoms with E-state index < -0.39 is 11.9 Å². The van der Waals surface area contributed by atoms with Gasteiger partial charge >= 0.3 is 5.97 Å². The molecule has 1 heterocycles. The van der Waals surface area contributed by atoms with Crippen molar-refractivity contribution in [2.24, 2.45) is 0 Å². The van der Waals surface area contributed by atoms with Crippen LogP contribution < -0.4 is 19.1 Å². The minimum atomic E-state index is -0.564. The van der Waals surface area contributed by atoms with Crippen LogP contribution in [0.25, 0.3) is 6.08 Å². The van der Waals surface area contributed by atoms with E-state index in [1.54, 1.807) is 67.8 Å². The van der Waals surface area contributed by atoms with Gasteiger partial charge in [-0.15, -0.1) is 0 Å². The molecule has 40 heavy (non-hydrogen) atoms. The number of esters is 1. The number of benzene rings is 3. The third-order valence-electron chi connectivity index (χ3n) is 5.95. The lowest BCUT2D eigenvalue weighted by Crippen LogP contribution is -2.35. The smallest absolute Gasteiger partial charge is 0.325 e. The molecule has 0 aliphatic carbocycles. The summed E-state index contributed by atoms with van der Waals surface area (Å²) < 4.78 is 36.4. The first-order valence-electron chi connectivity index (χ1n) is 12.2. The van der Waals surface area contributed by atoms with Crippen molar-refractivity contribution in [3.8, 4) is 17.2 Å². The van der Waals surface area contributed by atoms with Crippen LogP contribution in [-0.2, 0) is 20.9 Å². The van der Waals surface area contributed by atoms with Gasteiger partial charge in [0.05, 0.1) is 31.0 Å². The van der Waals surface area contributed by atoms with Crippen LogP contribution in [0.4, 0.5) is 10.1 Å². The predicted molar refractivity (Wildman–Crippen MR) is 156 cm³/mol. The van der Waals surface area contributed by atoms with E-state index in [4.69, 9.17) is 31.2 Å². The zero-order valence-corrected chi connectivity index (χ0v) is 24.4. The Morgan fingerprint density at radius 2 is 1.80 bits per heavy atom. The molecule has 1 amide bonds. The lowest BCUT2D eigenvalue weighted by Gasteiger charge is -2.19. The number of rotatable bonds is 10. The molecule has 0 N–H and O–H groups in total. The Morgan fingerprint density at radius 3 is 2.45 bits per heavy atom. The van der Waals surface area contributed by atoms with Gasteiger partial charge in [0.1, 0.15) is 30.4 Å². The fourth-order valence-corrected chi connectivity index (χ4v) is 4.91. The van der Waals surface area contributed by atoms with Crippen LogP contribution in [0.3, 0.4) is 0 Å². The highest BCUT2D eigenvalue weighted by molar-refractivity contribution is 9.10. The lowest BCUT2D eigenvalue weighted by molar-refractivity contribution is -0.140. The molecule has 11 heteroatoms. The maximum absolute atomic E-state index is 14.1. The van der Waals surface area contributed by atoms with Gasteiger partial charge in [-0.05, 0) is 89.2 Å². The maximum Gasteiger partial charge on any atom is 0.325 e. The number of methoxy groups -OCH3 is 2. The fourth-order valence-electron chi connectivity index (χ4n) is 3.98. The molecule has 8 nitrogen and oxygen atoms in total. The van der Waals surface area contributed by atoms with E-state index in [0.717, 1.165) is 0 Å². The summed E-state index contributed by atoms with van der Waals surface area (Å²) >= 11 is 9.13. The third-order valence-corrected chi connectivity index (χ3v) is 6.94. The SMILES string of the molecule is CCOc1cc(/C=C2/C(=O)N(c3ccc(OC)cc3)C(=S)N2CC(=O)OC)cc(Br)c1OCc1ccccc1F. The van der Waals surface area contributed by atoms with Gasteiger partial charge in [-0.3, -0.25) is 14.5 Å². The molecule has 0 bridgehead atoms. The van der Waals surface area contributed by atoms with Gasteiger partial charge in [0.15, 0.2) is 16.6 Å². The molecule has 0 atom stereocenters. The molecule has 0 unspecified atom stereocenters. The van der Waals surface area contributed by atoms with Crippen molar-refractivity contribution in [3.05, 3.63) is 87.8 Å². The topological polar surface area (TPSA) is 77.5 Å². The van der Waals surface area contributed by atoms with Crippen LogP contribution in [0.1, 0.15) is 18.1 Å². The Labute approximate surface area is 245 Å². The molecule has 3 aromatic rings. The highest BCUT2D eigenvalue weighted by Crippen LogP contribution is 2.39. The number of hydrogen-bond donors (Lipinski definition) is 0. The molecule has 1 fully saturated rings. The van der Waals surface area contributed by atoms with E-state index >= 15 is 0 Å². The van der Waals surface area contributed by atoms with Crippen LogP contribution in [0.5, 0.6) is 17.2 Å². The Balaban J connectivity index is 1.71. The van der Waals surface area contributed by atoms with Crippen molar-refractivity contribution < 1.29 is 32.9 Å². The molecule has 0 spiro atoms. The van der Waals surface area contributed by atoms with Crippen molar-refractivity contribution in [2.45, 2.75) is 13.5 Å². The average Bonchev–Trinajstić information content (AvgIpc) is 3.17. The summed E-state index contributed by atoms with van der Waals surface area (Å²) in [4.78, 5) is 28.6. The predicted octanol–water partition coefficient (Wildman–Crippen LogP) is 5.72. The number of halogens is 2. The van der Waals surface area contributed by atoms with E-state index in [9.17, 15) is 14.0 Å². The first-order chi connectivity index (χ1) is 19.3. The number of ether oxygens (including phenoxy) is 4. The average molecular weight is 630 g/mol. The third kappa shape index (κ3) is 6.26. The maximum atomic E-state index is 14.1. The number of carbonyl (C=O) groups is 2. The molecule has 208 valence electrons. The number of carbonyl (C=O) groups excluding carboxylic acids is 2. The van der Waals surface area contributed by atoms with Crippen LogP contribution >= 0.6 is 28.1 Å². The van der Waals surface area contributed by atoms with E-state index in [2.05, 4.69) is 15.9 Å². The number of nitrogens with zero attached hydrogens (tertiary/aromatic N) is 2. The number of anilines is 1. The van der Waals surface area contributed by atoms with Gasteiger partial charge in [-0.2, -0.15) is 0 Å². The number of amides is 1. The van der Waals surface area contributed by atoms with E-state index in [0.29, 0.717) is 45.1 Å². The van der Waals surface area contributed by atoms with Crippen LogP contribution in [0.15, 0.2) is 70.8 Å². The minimum Gasteiger partial charge on any atom is -0.497 e. The summed E-state index contributed by atoms with van der Waals surface area (Å²) in [5.41, 5.74) is 1.65. The van der Waals surface area contributed by atoms with Gasteiger partial charge in [-0.25, -0.2) is 4.39 Å². The lowest BCUT2D eigenvalue weighted by atomic mass is 10.1. The van der Waals surface area contributed by atoms with Gasteiger partial charge < -0.3 is 23.8 Å². The van der Waals surface area contributed by atoms with Gasteiger partial charge in [-0.1, -0.05) is 18.2 Å². The summed E-state index contributed by atoms with van der Waals surface area (Å²) in [5, 5.41) is 0.126. The molecule has 0 saturated carbocycles. The molecule has 1 aliphatic rings. The Morgan fingerprint density at radius 1 is 1.07 bits per heavy atom. The van der Waals surface area contributed by atoms with Crippen LogP contribution in [-0.4, -0.2) is 49.3 Å². The van der Waals surface area contributed by atoms with E-state index in [1.165, 1.54) is 23.0 Å². The monoisotopic (exact) mass is 628 g/mol. The fraction of sp³-hybridized carbons (Fsp3) is 0.207. The number of thiocarbonyl (C=S) groups is 1. The summed E-state index contributed by atoms with van der Waals surface area (Å²) in [6, 6.07) is 16.6. The molecular weight excluding hydrogens is 603 g/mol. The second kappa shape index (κ2) is 12.9. The summed E-state index contributed by atoms with van der Waals surface area (Å²) in [7, 11) is 2.81. The molecule has 0 radical (unpaired) electrons. The van der Waals surface area contributed by atoms with E-state index in [-0.39, 0.29) is 29.8 Å². The summed E-state index contributed by atoms with van der Waals surface area (Å²) in [5.74, 6) is 0.0278. The molecule has 1 aliphatic heterocycles. The zero-order chi connectivity index (χ0) is 28.8. The second-order valence-corrected chi connectivity index (χ2v) is 9.68. The van der Waals surface area contributed by atoms with Crippen molar-refractivity contribution >= 4 is 56.9 Å². The normalized spacial score (nSPS) is 14.1. The Bertz CT molecular complexity index is 1460. The largest absolute Gasteiger partial charge is 0.497 e. The first kappa shape index (κ1) is 29.0. The van der Waals surface area contributed by atoms with E-state index in [1.807, 2.05) is 6.92 Å². The summed E-state index contributed by atoms with van der Waals surface area (Å²) in [6.07, 6.45) is 1.61. The van der Waals surface area contributed by atoms with Crippen LogP contribution in [0, 0.1) is 5.82 Å². The van der Waals surface area contributed by atoms with Gasteiger partial charge in [0.25, 0.3) is 5.91 Å². The Kier molecular flexibility index (Phi) is 9.38. The van der Waals surface area contributed by atoms with Crippen molar-refractivity contribution in [1.29, 1.82) is 0 Å². The molecular formula is C29H26BrFN2O6S. The molecule has 1 saturated heterocycles. The first-order valence-corrected chi connectivity index (χ1v) is 13.4.